The van der Waals surface area contributed by atoms with Crippen molar-refractivity contribution >= 4 is 10.0 Å². The molecule has 4 rings (SSSR count). The molecular weight excluding hydrogens is 331 g/mol. The number of benzene rings is 1. The second kappa shape index (κ2) is 5.76. The van der Waals surface area contributed by atoms with Crippen LogP contribution in [0, 0.1) is 5.82 Å². The zero-order chi connectivity index (χ0) is 16.4. The van der Waals surface area contributed by atoms with E-state index in [1.807, 2.05) is 6.92 Å². The quantitative estimate of drug-likeness (QED) is 0.762. The molecule has 134 valence electrons. The Balaban J connectivity index is 0.00000169. The first-order chi connectivity index (χ1) is 10.8. The molecule has 1 spiro atoms. The van der Waals surface area contributed by atoms with Crippen molar-refractivity contribution in [3.8, 4) is 0 Å². The molecular formula is C17H25FN2O3S. The van der Waals surface area contributed by atoms with Gasteiger partial charge in [-0.25, -0.2) is 12.8 Å². The molecule has 0 saturated carbocycles. The molecule has 1 aromatic carbocycles. The lowest BCUT2D eigenvalue weighted by Gasteiger charge is -2.40. The number of morpholine rings is 1. The highest BCUT2D eigenvalue weighted by atomic mass is 32.2. The Morgan fingerprint density at radius 3 is 2.38 bits per heavy atom. The summed E-state index contributed by atoms with van der Waals surface area (Å²) in [5, 5.41) is 0. The monoisotopic (exact) mass is 356 g/mol. The number of piperidine rings is 1. The fraction of sp³-hybridized carbons (Fsp3) is 0.647. The molecule has 3 fully saturated rings. The molecule has 3 aliphatic heterocycles. The van der Waals surface area contributed by atoms with Crippen LogP contribution in [0.3, 0.4) is 0 Å². The summed E-state index contributed by atoms with van der Waals surface area (Å²) in [6.07, 6.45) is 1.60. The van der Waals surface area contributed by atoms with Crippen molar-refractivity contribution in [2.45, 2.75) is 55.9 Å². The second-order valence-corrected chi connectivity index (χ2v) is 8.76. The maximum Gasteiger partial charge on any atom is 0.243 e. The highest BCUT2D eigenvalue weighted by Crippen LogP contribution is 2.55. The predicted octanol–water partition coefficient (Wildman–Crippen LogP) is 2.09. The summed E-state index contributed by atoms with van der Waals surface area (Å²) in [7, 11) is -1.52. The molecule has 0 N–H and O–H groups in total. The molecule has 0 aromatic heterocycles. The number of likely N-dealkylation sites (tertiary alicyclic amines) is 1. The SMILES string of the molecule is C.CC1OC2(CCN(C)CC2)C2C1N2S(=O)(=O)c1ccc(F)cc1. The number of ether oxygens (including phenoxy) is 1. The van der Waals surface area contributed by atoms with Crippen LogP contribution in [-0.4, -0.2) is 61.5 Å². The summed E-state index contributed by atoms with van der Waals surface area (Å²) in [5.74, 6) is -0.432. The zero-order valence-corrected chi connectivity index (χ0v) is 14.1. The largest absolute Gasteiger partial charge is 0.368 e. The molecule has 0 aliphatic carbocycles. The number of fused-ring (bicyclic) bond motifs is 2. The molecule has 1 aromatic rings. The van der Waals surface area contributed by atoms with Crippen LogP contribution < -0.4 is 0 Å². The topological polar surface area (TPSA) is 49.6 Å². The number of hydrogen-bond donors (Lipinski definition) is 0. The van der Waals surface area contributed by atoms with E-state index in [2.05, 4.69) is 11.9 Å². The maximum absolute atomic E-state index is 13.1. The van der Waals surface area contributed by atoms with Crippen LogP contribution in [0.5, 0.6) is 0 Å². The Bertz CT molecular complexity index is 714. The minimum atomic E-state index is -3.59. The maximum atomic E-state index is 13.1. The highest BCUT2D eigenvalue weighted by molar-refractivity contribution is 7.89. The summed E-state index contributed by atoms with van der Waals surface area (Å²) in [6, 6.07) is 4.89. The van der Waals surface area contributed by atoms with Gasteiger partial charge in [-0.15, -0.1) is 0 Å². The smallest absolute Gasteiger partial charge is 0.243 e. The number of hydrogen-bond acceptors (Lipinski definition) is 4. The van der Waals surface area contributed by atoms with Gasteiger partial charge in [-0.2, -0.15) is 4.31 Å². The van der Waals surface area contributed by atoms with Crippen molar-refractivity contribution < 1.29 is 17.5 Å². The standard InChI is InChI=1S/C16H21FN2O3S.CH4/c1-11-14-15(16(22-11)7-9-18(2)10-8-16)19(14)23(20,21)13-5-3-12(17)4-6-13;/h3-6,11,14-15H,7-10H2,1-2H3;1H4. The minimum Gasteiger partial charge on any atom is -0.368 e. The third-order valence-electron chi connectivity index (χ3n) is 5.46. The molecule has 4 atom stereocenters. The molecule has 3 saturated heterocycles. The first-order valence-corrected chi connectivity index (χ1v) is 9.45. The fourth-order valence-corrected chi connectivity index (χ4v) is 6.09. The van der Waals surface area contributed by atoms with Crippen LogP contribution in [0.25, 0.3) is 0 Å². The van der Waals surface area contributed by atoms with E-state index in [1.54, 1.807) is 4.31 Å². The van der Waals surface area contributed by atoms with E-state index in [0.29, 0.717) is 0 Å². The van der Waals surface area contributed by atoms with Crippen molar-refractivity contribution in [1.82, 2.24) is 9.21 Å². The number of nitrogens with zero attached hydrogens (tertiary/aromatic N) is 2. The van der Waals surface area contributed by atoms with Gasteiger partial charge in [0.15, 0.2) is 0 Å². The molecule has 0 bridgehead atoms. The van der Waals surface area contributed by atoms with Crippen LogP contribution in [-0.2, 0) is 14.8 Å². The normalized spacial score (nSPS) is 34.6. The average molecular weight is 356 g/mol. The van der Waals surface area contributed by atoms with Crippen LogP contribution >= 0.6 is 0 Å². The lowest BCUT2D eigenvalue weighted by atomic mass is 9.88. The molecule has 24 heavy (non-hydrogen) atoms. The van der Waals surface area contributed by atoms with Gasteiger partial charge in [0.25, 0.3) is 0 Å². The summed E-state index contributed by atoms with van der Waals surface area (Å²) in [6.45, 7) is 3.78. The van der Waals surface area contributed by atoms with Gasteiger partial charge in [-0.05, 0) is 51.1 Å². The lowest BCUT2D eigenvalue weighted by Crippen LogP contribution is -2.49. The van der Waals surface area contributed by atoms with Gasteiger partial charge in [0.1, 0.15) is 5.82 Å². The van der Waals surface area contributed by atoms with Crippen molar-refractivity contribution in [3.05, 3.63) is 30.1 Å². The summed E-state index contributed by atoms with van der Waals surface area (Å²) >= 11 is 0. The van der Waals surface area contributed by atoms with Crippen LogP contribution in [0.2, 0.25) is 0 Å². The molecule has 4 unspecified atom stereocenters. The van der Waals surface area contributed by atoms with E-state index in [9.17, 15) is 12.8 Å². The number of sulfonamides is 1. The van der Waals surface area contributed by atoms with Crippen LogP contribution in [0.4, 0.5) is 4.39 Å². The highest BCUT2D eigenvalue weighted by Gasteiger charge is 2.72. The lowest BCUT2D eigenvalue weighted by molar-refractivity contribution is -0.0951. The number of halogens is 1. The van der Waals surface area contributed by atoms with Gasteiger partial charge in [-0.3, -0.25) is 0 Å². The van der Waals surface area contributed by atoms with Gasteiger partial charge in [0, 0.05) is 13.1 Å². The van der Waals surface area contributed by atoms with Gasteiger partial charge in [0.2, 0.25) is 10.0 Å². The van der Waals surface area contributed by atoms with Gasteiger partial charge in [0.05, 0.1) is 28.7 Å². The molecule has 5 nitrogen and oxygen atoms in total. The van der Waals surface area contributed by atoms with E-state index >= 15 is 0 Å². The van der Waals surface area contributed by atoms with Crippen LogP contribution in [0.15, 0.2) is 29.2 Å². The van der Waals surface area contributed by atoms with Gasteiger partial charge in [-0.1, -0.05) is 7.43 Å². The Labute approximate surface area is 143 Å². The Kier molecular flexibility index (Phi) is 4.27. The van der Waals surface area contributed by atoms with E-state index in [4.69, 9.17) is 4.74 Å². The molecule has 3 aliphatic rings. The van der Waals surface area contributed by atoms with E-state index in [0.717, 1.165) is 25.9 Å². The fourth-order valence-electron chi connectivity index (χ4n) is 4.19. The third-order valence-corrected chi connectivity index (χ3v) is 7.36. The number of rotatable bonds is 2. The van der Waals surface area contributed by atoms with E-state index in [-0.39, 0.29) is 36.1 Å². The van der Waals surface area contributed by atoms with Gasteiger partial charge >= 0.3 is 0 Å². The molecule has 0 amide bonds. The summed E-state index contributed by atoms with van der Waals surface area (Å²) < 4.78 is 46.6. The first kappa shape index (κ1) is 17.8. The van der Waals surface area contributed by atoms with E-state index < -0.39 is 15.8 Å². The summed E-state index contributed by atoms with van der Waals surface area (Å²) in [4.78, 5) is 2.40. The van der Waals surface area contributed by atoms with Crippen molar-refractivity contribution in [2.24, 2.45) is 0 Å². The third kappa shape index (κ3) is 2.49. The second-order valence-electron chi connectivity index (χ2n) is 6.92. The molecule has 3 heterocycles. The molecule has 0 radical (unpaired) electrons. The Morgan fingerprint density at radius 2 is 1.79 bits per heavy atom. The van der Waals surface area contributed by atoms with Crippen molar-refractivity contribution in [3.63, 3.8) is 0 Å². The molecule has 7 heteroatoms. The van der Waals surface area contributed by atoms with E-state index in [1.165, 1.54) is 24.3 Å². The zero-order valence-electron chi connectivity index (χ0n) is 13.3. The summed E-state index contributed by atoms with van der Waals surface area (Å²) in [5.41, 5.74) is -0.357. The average Bonchev–Trinajstić information content (AvgIpc) is 3.22. The minimum absolute atomic E-state index is 0. The van der Waals surface area contributed by atoms with Crippen molar-refractivity contribution in [1.29, 1.82) is 0 Å². The predicted molar refractivity (Wildman–Crippen MR) is 89.7 cm³/mol. The van der Waals surface area contributed by atoms with Gasteiger partial charge < -0.3 is 9.64 Å². The van der Waals surface area contributed by atoms with Crippen molar-refractivity contribution in [2.75, 3.05) is 20.1 Å². The first-order valence-electron chi connectivity index (χ1n) is 8.01. The van der Waals surface area contributed by atoms with Crippen LogP contribution in [0.1, 0.15) is 27.2 Å². The Morgan fingerprint density at radius 1 is 1.21 bits per heavy atom. The Hall–Kier alpha value is -1.02.